The van der Waals surface area contributed by atoms with Crippen molar-refractivity contribution >= 4 is 34.6 Å². The van der Waals surface area contributed by atoms with Crippen molar-refractivity contribution in [3.05, 3.63) is 102 Å². The number of fused-ring (bicyclic) bond motifs is 1. The standard InChI is InChI=1S/C37H45N5O7/c1-4-24(3)34(32(43)20-33(44)48-5-2)42-36(46)31(19-28-21-38-23-39-28)40-35(45)30(41-37(47)49-22-25-12-7-6-8-13-25)18-27-16-11-15-26-14-9-10-17-29(26)27/h6-17,21,23-24,30-32,34,43H,4-5,18-20,22H2,1-3H3,(H,38,39)(H,40,45)(H,41,47)(H,42,46)/t24?,30-,31?,32+,34+/m1/s1. The summed E-state index contributed by atoms with van der Waals surface area (Å²) in [5.41, 5.74) is 2.17. The SMILES string of the molecule is CCOC(=O)C[C@H](O)[C@@H](NC(=O)C(Cc1cnc[nH]1)NC(=O)[C@@H](Cc1cccc2ccccc12)NC(=O)OCc1ccccc1)C(C)CC. The highest BCUT2D eigenvalue weighted by atomic mass is 16.5. The summed E-state index contributed by atoms with van der Waals surface area (Å²) in [6.45, 7) is 5.60. The van der Waals surface area contributed by atoms with Gasteiger partial charge in [0.15, 0.2) is 0 Å². The third-order valence-corrected chi connectivity index (χ3v) is 8.40. The Bertz CT molecular complexity index is 1660. The number of amides is 3. The molecule has 2 unspecified atom stereocenters. The van der Waals surface area contributed by atoms with Crippen molar-refractivity contribution in [3.63, 3.8) is 0 Å². The van der Waals surface area contributed by atoms with Crippen molar-refractivity contribution in [3.8, 4) is 0 Å². The first-order valence-electron chi connectivity index (χ1n) is 16.5. The molecule has 0 saturated carbocycles. The van der Waals surface area contributed by atoms with E-state index in [2.05, 4.69) is 25.9 Å². The maximum atomic E-state index is 14.1. The van der Waals surface area contributed by atoms with Crippen LogP contribution < -0.4 is 16.0 Å². The maximum absolute atomic E-state index is 14.1. The Balaban J connectivity index is 1.58. The molecule has 3 aromatic carbocycles. The molecule has 1 heterocycles. The maximum Gasteiger partial charge on any atom is 0.408 e. The second-order valence-corrected chi connectivity index (χ2v) is 11.9. The largest absolute Gasteiger partial charge is 0.466 e. The van der Waals surface area contributed by atoms with E-state index in [1.807, 2.05) is 86.6 Å². The fraction of sp³-hybridized carbons (Fsp3) is 0.378. The highest BCUT2D eigenvalue weighted by molar-refractivity contribution is 5.93. The monoisotopic (exact) mass is 671 g/mol. The number of ether oxygens (including phenoxy) is 2. The van der Waals surface area contributed by atoms with Crippen LogP contribution in [0.2, 0.25) is 0 Å². The number of aromatic nitrogens is 2. The molecule has 12 nitrogen and oxygen atoms in total. The van der Waals surface area contributed by atoms with Gasteiger partial charge >= 0.3 is 12.1 Å². The number of nitrogens with one attached hydrogen (secondary N) is 4. The Morgan fingerprint density at radius 3 is 2.24 bits per heavy atom. The lowest BCUT2D eigenvalue weighted by Crippen LogP contribution is -2.58. The normalized spacial score (nSPS) is 14.1. The van der Waals surface area contributed by atoms with Crippen LogP contribution in [0.3, 0.4) is 0 Å². The molecule has 0 aliphatic heterocycles. The van der Waals surface area contributed by atoms with E-state index in [1.165, 1.54) is 6.33 Å². The Labute approximate surface area is 286 Å². The first-order valence-corrected chi connectivity index (χ1v) is 16.5. The number of imidazole rings is 1. The molecule has 0 bridgehead atoms. The number of hydrogen-bond acceptors (Lipinski definition) is 8. The van der Waals surface area contributed by atoms with Crippen LogP contribution in [0.15, 0.2) is 85.3 Å². The minimum atomic E-state index is -1.22. The molecule has 1 aromatic heterocycles. The van der Waals surface area contributed by atoms with E-state index in [4.69, 9.17) is 9.47 Å². The van der Waals surface area contributed by atoms with Crippen molar-refractivity contribution in [2.24, 2.45) is 5.92 Å². The molecule has 5 N–H and O–H groups in total. The van der Waals surface area contributed by atoms with Crippen molar-refractivity contribution in [1.82, 2.24) is 25.9 Å². The lowest BCUT2D eigenvalue weighted by molar-refractivity contribution is -0.146. The smallest absolute Gasteiger partial charge is 0.408 e. The highest BCUT2D eigenvalue weighted by Gasteiger charge is 2.33. The summed E-state index contributed by atoms with van der Waals surface area (Å²) in [7, 11) is 0. The predicted molar refractivity (Wildman–Crippen MR) is 184 cm³/mol. The number of H-pyrrole nitrogens is 1. The molecule has 4 aromatic rings. The molecule has 0 saturated heterocycles. The fourth-order valence-electron chi connectivity index (χ4n) is 5.56. The lowest BCUT2D eigenvalue weighted by Gasteiger charge is -2.31. The van der Waals surface area contributed by atoms with Gasteiger partial charge in [-0.1, -0.05) is 93.1 Å². The molecule has 12 heteroatoms. The predicted octanol–water partition coefficient (Wildman–Crippen LogP) is 3.97. The van der Waals surface area contributed by atoms with Crippen LogP contribution in [-0.4, -0.2) is 69.8 Å². The second kappa shape index (κ2) is 18.3. The quantitative estimate of drug-likeness (QED) is 0.105. The first kappa shape index (κ1) is 36.6. The second-order valence-electron chi connectivity index (χ2n) is 11.9. The van der Waals surface area contributed by atoms with Crippen molar-refractivity contribution in [1.29, 1.82) is 0 Å². The van der Waals surface area contributed by atoms with E-state index in [0.29, 0.717) is 12.1 Å². The van der Waals surface area contributed by atoms with E-state index >= 15 is 0 Å². The zero-order valence-electron chi connectivity index (χ0n) is 28.1. The van der Waals surface area contributed by atoms with Gasteiger partial charge in [0, 0.05) is 24.7 Å². The number of aliphatic hydroxyl groups excluding tert-OH is 1. The third-order valence-electron chi connectivity index (χ3n) is 8.40. The lowest BCUT2D eigenvalue weighted by atomic mass is 9.92. The molecule has 0 fully saturated rings. The average molecular weight is 672 g/mol. The summed E-state index contributed by atoms with van der Waals surface area (Å²) >= 11 is 0. The molecule has 5 atom stereocenters. The van der Waals surface area contributed by atoms with Gasteiger partial charge in [-0.2, -0.15) is 0 Å². The summed E-state index contributed by atoms with van der Waals surface area (Å²) < 4.78 is 10.5. The number of alkyl carbamates (subject to hydrolysis) is 1. The zero-order chi connectivity index (χ0) is 35.2. The number of benzene rings is 3. The summed E-state index contributed by atoms with van der Waals surface area (Å²) in [4.78, 5) is 60.2. The van der Waals surface area contributed by atoms with Gasteiger partial charge in [-0.15, -0.1) is 0 Å². The third kappa shape index (κ3) is 10.9. The molecule has 3 amide bonds. The number of carbonyl (C=O) groups is 4. The number of aliphatic hydroxyl groups is 1. The number of aromatic amines is 1. The molecule has 4 rings (SSSR count). The topological polar surface area (TPSA) is 172 Å². The van der Waals surface area contributed by atoms with E-state index < -0.39 is 48.1 Å². The average Bonchev–Trinajstić information content (AvgIpc) is 3.62. The summed E-state index contributed by atoms with van der Waals surface area (Å²) in [5, 5.41) is 21.3. The van der Waals surface area contributed by atoms with E-state index in [1.54, 1.807) is 13.1 Å². The van der Waals surface area contributed by atoms with Gasteiger partial charge in [-0.3, -0.25) is 14.4 Å². The van der Waals surface area contributed by atoms with Crippen molar-refractivity contribution < 1.29 is 33.8 Å². The summed E-state index contributed by atoms with van der Waals surface area (Å²) in [6.07, 6.45) is 1.44. The Morgan fingerprint density at radius 2 is 1.53 bits per heavy atom. The molecular weight excluding hydrogens is 626 g/mol. The number of nitrogens with zero attached hydrogens (tertiary/aromatic N) is 1. The van der Waals surface area contributed by atoms with Crippen molar-refractivity contribution in [2.45, 2.75) is 77.3 Å². The van der Waals surface area contributed by atoms with E-state index in [9.17, 15) is 24.3 Å². The van der Waals surface area contributed by atoms with Crippen LogP contribution in [0.4, 0.5) is 4.79 Å². The molecule has 49 heavy (non-hydrogen) atoms. The van der Waals surface area contributed by atoms with Crippen LogP contribution in [0.1, 0.15) is 50.4 Å². The molecule has 0 aliphatic carbocycles. The van der Waals surface area contributed by atoms with Gasteiger partial charge in [0.2, 0.25) is 11.8 Å². The van der Waals surface area contributed by atoms with Crippen LogP contribution >= 0.6 is 0 Å². The molecule has 0 aliphatic rings. The van der Waals surface area contributed by atoms with Gasteiger partial charge in [0.1, 0.15) is 18.7 Å². The molecule has 0 spiro atoms. The Morgan fingerprint density at radius 1 is 0.837 bits per heavy atom. The molecular formula is C37H45N5O7. The first-order chi connectivity index (χ1) is 23.7. The minimum absolute atomic E-state index is 0.00522. The van der Waals surface area contributed by atoms with E-state index in [-0.39, 0.29) is 38.4 Å². The number of carbonyl (C=O) groups excluding carboxylic acids is 4. The van der Waals surface area contributed by atoms with Crippen LogP contribution in [-0.2, 0) is 43.3 Å². The number of esters is 1. The molecule has 0 radical (unpaired) electrons. The summed E-state index contributed by atoms with van der Waals surface area (Å²) in [6, 6.07) is 19.6. The Kier molecular flexibility index (Phi) is 13.7. The Hall–Kier alpha value is -5.23. The van der Waals surface area contributed by atoms with Gasteiger partial charge in [0.25, 0.3) is 0 Å². The highest BCUT2D eigenvalue weighted by Crippen LogP contribution is 2.20. The van der Waals surface area contributed by atoms with Gasteiger partial charge in [-0.05, 0) is 34.7 Å². The van der Waals surface area contributed by atoms with E-state index in [0.717, 1.165) is 21.9 Å². The van der Waals surface area contributed by atoms with Gasteiger partial charge in [0.05, 0.1) is 31.5 Å². The van der Waals surface area contributed by atoms with Crippen molar-refractivity contribution in [2.75, 3.05) is 6.61 Å². The minimum Gasteiger partial charge on any atom is -0.466 e. The van der Waals surface area contributed by atoms with Gasteiger partial charge in [-0.25, -0.2) is 9.78 Å². The number of hydrogen-bond donors (Lipinski definition) is 5. The zero-order valence-corrected chi connectivity index (χ0v) is 28.1. The van der Waals surface area contributed by atoms with Gasteiger partial charge < -0.3 is 35.5 Å². The van der Waals surface area contributed by atoms with Crippen LogP contribution in [0, 0.1) is 5.92 Å². The van der Waals surface area contributed by atoms with Crippen LogP contribution in [0.25, 0.3) is 10.8 Å². The molecule has 260 valence electrons. The summed E-state index contributed by atoms with van der Waals surface area (Å²) in [5.74, 6) is -1.98. The van der Waals surface area contributed by atoms with Crippen LogP contribution in [0.5, 0.6) is 0 Å². The number of rotatable bonds is 17. The fourth-order valence-corrected chi connectivity index (χ4v) is 5.56.